The molecule has 17 heteroatoms. The molecule has 1 spiro atoms. The zero-order chi connectivity index (χ0) is 30.1. The van der Waals surface area contributed by atoms with Crippen molar-refractivity contribution in [3.63, 3.8) is 0 Å². The number of fused-ring (bicyclic) bond motifs is 3. The van der Waals surface area contributed by atoms with E-state index in [4.69, 9.17) is 13.9 Å². The standard InChI is InChI=1S/C24H36N6O10S/c1-22(2,3)38-20(32)27-10-14(11-27)28(21(33)39-23(4,5)6)13-17-25-26-18(37-17)15-9-24(7-8-24)16-12-29(15)19(31)30(16)40-41(34,35)36/h14-16H,7-13H2,1-6H3,(H,34,35,36)/t15-,16-/m0/s1. The Morgan fingerprint density at radius 1 is 1.07 bits per heavy atom. The first-order valence-electron chi connectivity index (χ1n) is 13.4. The molecule has 4 heterocycles. The fourth-order valence-electron chi connectivity index (χ4n) is 5.44. The molecule has 4 fully saturated rings. The molecule has 1 N–H and O–H groups in total. The molecule has 1 saturated carbocycles. The molecule has 0 aromatic carbocycles. The number of amides is 4. The van der Waals surface area contributed by atoms with Crippen molar-refractivity contribution in [1.29, 1.82) is 0 Å². The van der Waals surface area contributed by atoms with Crippen LogP contribution in [0.2, 0.25) is 0 Å². The lowest BCUT2D eigenvalue weighted by Gasteiger charge is -2.44. The normalized spacial score (nSPS) is 24.0. The lowest BCUT2D eigenvalue weighted by atomic mass is 9.85. The molecule has 4 aliphatic rings. The van der Waals surface area contributed by atoms with Gasteiger partial charge in [-0.15, -0.1) is 14.5 Å². The number of piperidine rings is 1. The van der Waals surface area contributed by atoms with Crippen LogP contribution in [-0.2, 0) is 30.7 Å². The van der Waals surface area contributed by atoms with Crippen molar-refractivity contribution in [3.05, 3.63) is 11.8 Å². The summed E-state index contributed by atoms with van der Waals surface area (Å²) in [6.07, 6.45) is 0.828. The summed E-state index contributed by atoms with van der Waals surface area (Å²) in [6.45, 7) is 11.1. The van der Waals surface area contributed by atoms with Crippen LogP contribution in [0.4, 0.5) is 14.4 Å². The average molecular weight is 601 g/mol. The van der Waals surface area contributed by atoms with E-state index < -0.39 is 57.3 Å². The summed E-state index contributed by atoms with van der Waals surface area (Å²) in [5, 5.41) is 8.99. The summed E-state index contributed by atoms with van der Waals surface area (Å²) < 4.78 is 53.5. The minimum Gasteiger partial charge on any atom is -0.444 e. The van der Waals surface area contributed by atoms with Crippen molar-refractivity contribution in [3.8, 4) is 0 Å². The molecule has 5 rings (SSSR count). The lowest BCUT2D eigenvalue weighted by molar-refractivity contribution is -0.0530. The number of urea groups is 1. The maximum Gasteiger partial charge on any atom is 0.418 e. The van der Waals surface area contributed by atoms with Crippen LogP contribution >= 0.6 is 0 Å². The highest BCUT2D eigenvalue weighted by Gasteiger charge is 2.65. The first kappa shape index (κ1) is 29.3. The van der Waals surface area contributed by atoms with Gasteiger partial charge in [0.2, 0.25) is 11.8 Å². The number of rotatable bonds is 6. The van der Waals surface area contributed by atoms with Gasteiger partial charge < -0.3 is 23.7 Å². The van der Waals surface area contributed by atoms with E-state index >= 15 is 0 Å². The van der Waals surface area contributed by atoms with Crippen molar-refractivity contribution < 1.29 is 45.5 Å². The highest BCUT2D eigenvalue weighted by atomic mass is 32.3. The Bertz CT molecular complexity index is 1320. The Morgan fingerprint density at radius 3 is 2.27 bits per heavy atom. The Labute approximate surface area is 237 Å². The third-order valence-corrected chi connectivity index (χ3v) is 7.84. The predicted octanol–water partition coefficient (Wildman–Crippen LogP) is 2.49. The molecule has 1 aromatic rings. The first-order valence-corrected chi connectivity index (χ1v) is 14.8. The average Bonchev–Trinajstić information content (AvgIpc) is 3.27. The number of nitrogens with zero attached hydrogens (tertiary/aromatic N) is 6. The second-order valence-corrected chi connectivity index (χ2v) is 14.0. The molecule has 1 aromatic heterocycles. The molecule has 4 amide bonds. The van der Waals surface area contributed by atoms with Gasteiger partial charge in [0.15, 0.2) is 0 Å². The van der Waals surface area contributed by atoms with E-state index in [0.717, 1.165) is 17.9 Å². The van der Waals surface area contributed by atoms with Gasteiger partial charge in [0.25, 0.3) is 0 Å². The van der Waals surface area contributed by atoms with Gasteiger partial charge in [0.05, 0.1) is 12.1 Å². The summed E-state index contributed by atoms with van der Waals surface area (Å²) in [7, 11) is -4.89. The van der Waals surface area contributed by atoms with Gasteiger partial charge in [-0.05, 0) is 66.2 Å². The zero-order valence-electron chi connectivity index (χ0n) is 23.9. The van der Waals surface area contributed by atoms with Crippen LogP contribution in [0.25, 0.3) is 0 Å². The number of ether oxygens (including phenoxy) is 2. The summed E-state index contributed by atoms with van der Waals surface area (Å²) >= 11 is 0. The monoisotopic (exact) mass is 600 g/mol. The SMILES string of the molecule is CC(C)(C)OC(=O)N1CC(N(Cc2nnc([C@@H]3CC4(CC4)[C@@H]4CN3C(=O)N4OS(=O)(=O)O)o2)C(=O)OC(C)(C)C)C1. The van der Waals surface area contributed by atoms with Gasteiger partial charge in [0.1, 0.15) is 23.8 Å². The smallest absolute Gasteiger partial charge is 0.418 e. The van der Waals surface area contributed by atoms with Crippen molar-refractivity contribution in [1.82, 2.24) is 30.0 Å². The maximum atomic E-state index is 13.1. The fourth-order valence-corrected chi connectivity index (χ4v) is 5.81. The van der Waals surface area contributed by atoms with E-state index in [1.165, 1.54) is 14.7 Å². The van der Waals surface area contributed by atoms with E-state index in [9.17, 15) is 27.4 Å². The number of hydrogen-bond donors (Lipinski definition) is 1. The third-order valence-electron chi connectivity index (χ3n) is 7.49. The van der Waals surface area contributed by atoms with Crippen molar-refractivity contribution in [2.45, 2.75) is 96.7 Å². The molecular weight excluding hydrogens is 564 g/mol. The van der Waals surface area contributed by atoms with Crippen LogP contribution in [0.1, 0.15) is 78.6 Å². The number of likely N-dealkylation sites (tertiary alicyclic amines) is 1. The maximum absolute atomic E-state index is 13.1. The largest absolute Gasteiger partial charge is 0.444 e. The molecule has 3 saturated heterocycles. The second kappa shape index (κ2) is 9.69. The van der Waals surface area contributed by atoms with Crippen LogP contribution in [0.3, 0.4) is 0 Å². The van der Waals surface area contributed by atoms with Gasteiger partial charge in [0, 0.05) is 19.6 Å². The summed E-state index contributed by atoms with van der Waals surface area (Å²) in [6, 6.07) is -2.29. The van der Waals surface area contributed by atoms with Crippen molar-refractivity contribution >= 4 is 28.6 Å². The summed E-state index contributed by atoms with van der Waals surface area (Å²) in [5.41, 5.74) is -1.82. The van der Waals surface area contributed by atoms with Gasteiger partial charge in [-0.3, -0.25) is 9.45 Å². The minimum absolute atomic E-state index is 0.0961. The molecule has 2 bridgehead atoms. The molecule has 2 atom stereocenters. The lowest BCUT2D eigenvalue weighted by Crippen LogP contribution is -2.63. The van der Waals surface area contributed by atoms with Gasteiger partial charge in [-0.1, -0.05) is 0 Å². The predicted molar refractivity (Wildman–Crippen MR) is 137 cm³/mol. The molecule has 3 aliphatic heterocycles. The number of carbonyl (C=O) groups excluding carboxylic acids is 3. The Balaban J connectivity index is 1.31. The van der Waals surface area contributed by atoms with Gasteiger partial charge in [-0.2, -0.15) is 13.5 Å². The minimum atomic E-state index is -4.89. The van der Waals surface area contributed by atoms with Crippen LogP contribution in [0, 0.1) is 5.41 Å². The number of aromatic nitrogens is 2. The molecule has 0 radical (unpaired) electrons. The first-order chi connectivity index (χ1) is 18.8. The van der Waals surface area contributed by atoms with Crippen molar-refractivity contribution in [2.75, 3.05) is 19.6 Å². The van der Waals surface area contributed by atoms with E-state index in [-0.39, 0.29) is 44.0 Å². The van der Waals surface area contributed by atoms with E-state index in [1.54, 1.807) is 41.5 Å². The quantitative estimate of drug-likeness (QED) is 0.471. The van der Waals surface area contributed by atoms with E-state index in [0.29, 0.717) is 6.42 Å². The topological polar surface area (TPSA) is 185 Å². The van der Waals surface area contributed by atoms with E-state index in [2.05, 4.69) is 14.5 Å². The Morgan fingerprint density at radius 2 is 1.71 bits per heavy atom. The highest BCUT2D eigenvalue weighted by Crippen LogP contribution is 2.61. The molecule has 228 valence electrons. The van der Waals surface area contributed by atoms with Gasteiger partial charge >= 0.3 is 28.6 Å². The molecule has 0 unspecified atom stereocenters. The molecule has 41 heavy (non-hydrogen) atoms. The van der Waals surface area contributed by atoms with Crippen LogP contribution in [0.5, 0.6) is 0 Å². The zero-order valence-corrected chi connectivity index (χ0v) is 24.7. The Kier molecular flexibility index (Phi) is 6.93. The van der Waals surface area contributed by atoms with Crippen LogP contribution in [-0.4, -0.2) is 104 Å². The fraction of sp³-hybridized carbons (Fsp3) is 0.792. The molecule has 1 aliphatic carbocycles. The number of carbonyl (C=O) groups is 3. The molecule has 16 nitrogen and oxygen atoms in total. The number of hydrogen-bond acceptors (Lipinski definition) is 11. The molecular formula is C24H36N6O10S. The van der Waals surface area contributed by atoms with Crippen molar-refractivity contribution in [2.24, 2.45) is 5.41 Å². The summed E-state index contributed by atoms with van der Waals surface area (Å²) in [5.74, 6) is 0.242. The number of hydroxylamine groups is 2. The second-order valence-electron chi connectivity index (χ2n) is 13.0. The van der Waals surface area contributed by atoms with E-state index in [1.807, 2.05) is 0 Å². The van der Waals surface area contributed by atoms with Crippen LogP contribution < -0.4 is 0 Å². The van der Waals surface area contributed by atoms with Crippen LogP contribution in [0.15, 0.2) is 4.42 Å². The highest BCUT2D eigenvalue weighted by molar-refractivity contribution is 7.80. The Hall–Kier alpha value is -3.18. The summed E-state index contributed by atoms with van der Waals surface area (Å²) in [4.78, 5) is 42.9. The van der Waals surface area contributed by atoms with Gasteiger partial charge in [-0.25, -0.2) is 14.4 Å². The third kappa shape index (κ3) is 6.21.